The van der Waals surface area contributed by atoms with Gasteiger partial charge in [-0.1, -0.05) is 6.58 Å². The van der Waals surface area contributed by atoms with Gasteiger partial charge in [0, 0.05) is 0 Å². The molecule has 0 unspecified atom stereocenters. The first-order valence-electron chi connectivity index (χ1n) is 0.977. The normalized spacial score (nSPS) is 5.60. The van der Waals surface area contributed by atoms with Crippen LogP contribution in [-0.2, 0) is 4.89 Å². The van der Waals surface area contributed by atoms with Gasteiger partial charge in [0.2, 0.25) is 6.26 Å². The van der Waals surface area contributed by atoms with Crippen molar-refractivity contribution in [2.24, 2.45) is 0 Å². The van der Waals surface area contributed by atoms with E-state index >= 15 is 0 Å². The predicted octanol–water partition coefficient (Wildman–Crippen LogP) is 0.678. The summed E-state index contributed by atoms with van der Waals surface area (Å²) in [4.78, 5) is 12.3. The molecule has 0 aliphatic heterocycles. The molecule has 5 heavy (non-hydrogen) atoms. The standard InChI is InChI=1S/C2H3O3/c1-2-4-5-3/h2H,1H2/q+1. The fourth-order valence-corrected chi connectivity index (χ4v) is 0.0278. The molecule has 0 N–H and O–H groups in total. The van der Waals surface area contributed by atoms with Gasteiger partial charge in [0.15, 0.2) is 0 Å². The molecule has 0 rings (SSSR count). The highest BCUT2D eigenvalue weighted by molar-refractivity contribution is 4.51. The number of hydrogen-bond donors (Lipinski definition) is 0. The van der Waals surface area contributed by atoms with Crippen LogP contribution in [0.3, 0.4) is 0 Å². The second kappa shape index (κ2) is 3.14. The minimum atomic E-state index is 0.896. The summed E-state index contributed by atoms with van der Waals surface area (Å²) in [5.41, 5.74) is 0. The Balaban J connectivity index is 2.65. The first-order valence-corrected chi connectivity index (χ1v) is 0.977. The monoisotopic (exact) mass is 75.0 g/mol. The molecule has 3 nitrogen and oxygen atoms in total. The van der Waals surface area contributed by atoms with E-state index in [0.29, 0.717) is 0 Å². The van der Waals surface area contributed by atoms with Gasteiger partial charge < -0.3 is 0 Å². The minimum Gasteiger partial charge on any atom is -0.0534 e. The van der Waals surface area contributed by atoms with Crippen molar-refractivity contribution in [2.75, 3.05) is 0 Å². The van der Waals surface area contributed by atoms with E-state index in [2.05, 4.69) is 16.2 Å². The van der Waals surface area contributed by atoms with Gasteiger partial charge in [0.25, 0.3) is 4.96 Å². The van der Waals surface area contributed by atoms with Gasteiger partial charge in [-0.15, -0.1) is 0 Å². The largest absolute Gasteiger partial charge is 0.382 e. The van der Waals surface area contributed by atoms with Crippen molar-refractivity contribution in [3.8, 4) is 0 Å². The zero-order valence-electron chi connectivity index (χ0n) is 2.51. The van der Waals surface area contributed by atoms with Crippen LogP contribution in [0.4, 0.5) is 0 Å². The molecule has 0 saturated carbocycles. The maximum Gasteiger partial charge on any atom is 0.382 e. The quantitative estimate of drug-likeness (QED) is 0.209. The Morgan fingerprint density at radius 1 is 2.00 bits per heavy atom. The molecule has 0 aliphatic carbocycles. The van der Waals surface area contributed by atoms with E-state index in [1.807, 2.05) is 0 Å². The Labute approximate surface area is 28.7 Å². The summed E-state index contributed by atoms with van der Waals surface area (Å²) in [6, 6.07) is 0. The molecule has 0 amide bonds. The van der Waals surface area contributed by atoms with Crippen molar-refractivity contribution < 1.29 is 4.89 Å². The second-order valence-electron chi connectivity index (χ2n) is 0.331. The fourth-order valence-electron chi connectivity index (χ4n) is 0.0278. The molecule has 0 bridgehead atoms. The van der Waals surface area contributed by atoms with Crippen LogP contribution in [0, 0.1) is 9.71 Å². The Bertz CT molecular complexity index is 34.2. The average Bonchev–Trinajstić information content (AvgIpc) is 1.41. The summed E-state index contributed by atoms with van der Waals surface area (Å²) in [7, 11) is 0. The molecule has 3 heteroatoms. The molecular weight excluding hydrogens is 72.0 g/mol. The Kier molecular flexibility index (Phi) is 2.60. The maximum absolute atomic E-state index is 8.74. The lowest BCUT2D eigenvalue weighted by Crippen LogP contribution is -1.56. The molecular formula is C2H3O3+. The third-order valence-electron chi connectivity index (χ3n) is 0.107. The fraction of sp³-hybridized carbons (Fsp3) is 0. The van der Waals surface area contributed by atoms with Crippen molar-refractivity contribution in [3.63, 3.8) is 0 Å². The van der Waals surface area contributed by atoms with Crippen LogP contribution in [0.1, 0.15) is 0 Å². The van der Waals surface area contributed by atoms with Gasteiger partial charge in [0.05, 0.1) is 0 Å². The van der Waals surface area contributed by atoms with E-state index in [-0.39, 0.29) is 0 Å². The van der Waals surface area contributed by atoms with E-state index in [1.165, 1.54) is 0 Å². The van der Waals surface area contributed by atoms with Gasteiger partial charge in [0.1, 0.15) is 0 Å². The molecule has 0 atom stereocenters. The van der Waals surface area contributed by atoms with E-state index in [1.54, 1.807) is 0 Å². The van der Waals surface area contributed by atoms with Crippen LogP contribution in [0.2, 0.25) is 0 Å². The minimum absolute atomic E-state index is 0.896. The summed E-state index contributed by atoms with van der Waals surface area (Å²) in [6.07, 6.45) is 0.896. The zero-order valence-corrected chi connectivity index (χ0v) is 2.51. The van der Waals surface area contributed by atoms with Crippen molar-refractivity contribution >= 4 is 0 Å². The van der Waals surface area contributed by atoms with Crippen LogP contribution in [0.25, 0.3) is 0 Å². The molecule has 0 radical (unpaired) electrons. The molecule has 0 aromatic carbocycles. The van der Waals surface area contributed by atoms with Gasteiger partial charge in [-0.2, -0.15) is 0 Å². The first kappa shape index (κ1) is 4.14. The SMILES string of the molecule is C=CO[O+]=O. The summed E-state index contributed by atoms with van der Waals surface area (Å²) in [5.74, 6) is 0. The molecule has 0 saturated heterocycles. The van der Waals surface area contributed by atoms with Crippen LogP contribution in [-0.4, -0.2) is 0 Å². The lowest BCUT2D eigenvalue weighted by molar-refractivity contribution is 0.392. The van der Waals surface area contributed by atoms with Crippen LogP contribution < -0.4 is 0 Å². The summed E-state index contributed by atoms with van der Waals surface area (Å²) >= 11 is 0. The highest BCUT2D eigenvalue weighted by Crippen LogP contribution is 1.62. The Hall–Kier alpha value is -0.860. The van der Waals surface area contributed by atoms with E-state index in [9.17, 15) is 0 Å². The molecule has 0 aliphatic rings. The predicted molar refractivity (Wildman–Crippen MR) is 18.0 cm³/mol. The molecule has 0 aromatic heterocycles. The Morgan fingerprint density at radius 2 is 2.60 bits per heavy atom. The number of hydrogen-bond acceptors (Lipinski definition) is 2. The highest BCUT2D eigenvalue weighted by atomic mass is 17.3. The van der Waals surface area contributed by atoms with Gasteiger partial charge in [-0.3, -0.25) is 0 Å². The lowest BCUT2D eigenvalue weighted by atomic mass is 11.2. The number of rotatable bonds is 2. The van der Waals surface area contributed by atoms with Crippen molar-refractivity contribution in [2.45, 2.75) is 0 Å². The summed E-state index contributed by atoms with van der Waals surface area (Å²) in [5, 5.41) is 0. The van der Waals surface area contributed by atoms with Crippen molar-refractivity contribution in [1.82, 2.24) is 0 Å². The van der Waals surface area contributed by atoms with E-state index in [4.69, 9.17) is 4.96 Å². The summed E-state index contributed by atoms with van der Waals surface area (Å²) in [6.45, 7) is 3.00. The van der Waals surface area contributed by atoms with Crippen molar-refractivity contribution in [1.29, 1.82) is 0 Å². The van der Waals surface area contributed by atoms with Crippen LogP contribution >= 0.6 is 0 Å². The van der Waals surface area contributed by atoms with Crippen LogP contribution in [0.15, 0.2) is 12.8 Å². The third kappa shape index (κ3) is 3.14. The molecule has 28 valence electrons. The van der Waals surface area contributed by atoms with Crippen molar-refractivity contribution in [3.05, 3.63) is 22.6 Å². The van der Waals surface area contributed by atoms with E-state index < -0.39 is 0 Å². The zero-order chi connectivity index (χ0) is 4.12. The molecule has 0 heterocycles. The maximum atomic E-state index is 8.74. The third-order valence-corrected chi connectivity index (χ3v) is 0.107. The first-order chi connectivity index (χ1) is 2.41. The average molecular weight is 75.0 g/mol. The molecule has 0 aromatic rings. The Morgan fingerprint density at radius 3 is 2.60 bits per heavy atom. The van der Waals surface area contributed by atoms with Gasteiger partial charge >= 0.3 is 4.75 Å². The smallest absolute Gasteiger partial charge is 0.0534 e. The molecule has 0 spiro atoms. The second-order valence-corrected chi connectivity index (χ2v) is 0.331. The van der Waals surface area contributed by atoms with Crippen LogP contribution in [0.5, 0.6) is 0 Å². The molecule has 0 fully saturated rings. The van der Waals surface area contributed by atoms with Gasteiger partial charge in [-0.25, -0.2) is 0 Å². The topological polar surface area (TPSA) is 37.6 Å². The van der Waals surface area contributed by atoms with Gasteiger partial charge in [-0.05, 0) is 4.89 Å². The lowest BCUT2D eigenvalue weighted by Gasteiger charge is -1.45. The highest BCUT2D eigenvalue weighted by Gasteiger charge is 1.74. The summed E-state index contributed by atoms with van der Waals surface area (Å²) < 4.78 is 2.82. The van der Waals surface area contributed by atoms with E-state index in [0.717, 1.165) is 6.26 Å².